The van der Waals surface area contributed by atoms with Crippen LogP contribution in [0.1, 0.15) is 28.4 Å². The van der Waals surface area contributed by atoms with Crippen molar-refractivity contribution in [3.8, 4) is 0 Å². The number of halogens is 6. The Hall–Kier alpha value is -2.44. The number of rotatable bonds is 7. The zero-order valence-corrected chi connectivity index (χ0v) is 16.7. The van der Waals surface area contributed by atoms with Gasteiger partial charge in [0.05, 0.1) is 11.1 Å². The summed E-state index contributed by atoms with van der Waals surface area (Å²) in [5, 5.41) is 0. The SMILES string of the molecule is CN(CCc1cc(C(F)(F)F)cc(C(F)(F)F)c1)C(=O)[C@H](OS(=O)O)c1ccccc1. The monoisotopic (exact) mass is 469 g/mol. The molecule has 0 spiro atoms. The minimum atomic E-state index is -4.98. The van der Waals surface area contributed by atoms with Gasteiger partial charge in [-0.05, 0) is 35.7 Å². The second kappa shape index (κ2) is 9.79. The molecule has 1 unspecified atom stereocenters. The van der Waals surface area contributed by atoms with Crippen LogP contribution in [-0.4, -0.2) is 33.2 Å². The Morgan fingerprint density at radius 1 is 1.03 bits per heavy atom. The van der Waals surface area contributed by atoms with E-state index >= 15 is 0 Å². The summed E-state index contributed by atoms with van der Waals surface area (Å²) in [4.78, 5) is 13.6. The van der Waals surface area contributed by atoms with Gasteiger partial charge in [0.15, 0.2) is 6.10 Å². The molecule has 0 aliphatic heterocycles. The number of carbonyl (C=O) groups excluding carboxylic acids is 1. The largest absolute Gasteiger partial charge is 0.416 e. The van der Waals surface area contributed by atoms with Crippen molar-refractivity contribution in [2.75, 3.05) is 13.6 Å². The second-order valence-corrected chi connectivity index (χ2v) is 7.15. The van der Waals surface area contributed by atoms with E-state index in [4.69, 9.17) is 8.74 Å². The van der Waals surface area contributed by atoms with Crippen LogP contribution in [-0.2, 0) is 39.1 Å². The third-order valence-corrected chi connectivity index (χ3v) is 4.62. The number of carbonyl (C=O) groups is 1. The molecule has 0 bridgehead atoms. The highest BCUT2D eigenvalue weighted by atomic mass is 32.2. The summed E-state index contributed by atoms with van der Waals surface area (Å²) in [5.41, 5.74) is -2.93. The molecule has 0 aliphatic rings. The van der Waals surface area contributed by atoms with E-state index in [2.05, 4.69) is 0 Å². The molecule has 2 aromatic carbocycles. The summed E-state index contributed by atoms with van der Waals surface area (Å²) >= 11 is -2.80. The summed E-state index contributed by atoms with van der Waals surface area (Å²) in [6.07, 6.45) is -11.8. The maximum atomic E-state index is 13.0. The van der Waals surface area contributed by atoms with Crippen LogP contribution in [0.5, 0.6) is 0 Å². The summed E-state index contributed by atoms with van der Waals surface area (Å²) in [6, 6.07) is 8.87. The normalized spacial score (nSPS) is 14.2. The van der Waals surface area contributed by atoms with Crippen LogP contribution in [0.3, 0.4) is 0 Å². The van der Waals surface area contributed by atoms with Crippen molar-refractivity contribution in [2.24, 2.45) is 0 Å². The summed E-state index contributed by atoms with van der Waals surface area (Å²) in [6.45, 7) is -0.262. The van der Waals surface area contributed by atoms with E-state index in [-0.39, 0.29) is 30.2 Å². The quantitative estimate of drug-likeness (QED) is 0.475. The average Bonchev–Trinajstić information content (AvgIpc) is 2.68. The first-order chi connectivity index (χ1) is 14.3. The van der Waals surface area contributed by atoms with Gasteiger partial charge in [0.2, 0.25) is 0 Å². The molecule has 31 heavy (non-hydrogen) atoms. The molecule has 0 heterocycles. The number of likely N-dealkylation sites (N-methyl/N-ethyl adjacent to an activating group) is 1. The highest BCUT2D eigenvalue weighted by molar-refractivity contribution is 7.74. The molecular weight excluding hydrogens is 452 g/mol. The zero-order chi connectivity index (χ0) is 23.4. The lowest BCUT2D eigenvalue weighted by Gasteiger charge is -2.23. The molecule has 1 amide bonds. The highest BCUT2D eigenvalue weighted by Gasteiger charge is 2.37. The molecule has 5 nitrogen and oxygen atoms in total. The fourth-order valence-corrected chi connectivity index (χ4v) is 3.08. The molecule has 2 atom stereocenters. The average molecular weight is 469 g/mol. The second-order valence-electron chi connectivity index (χ2n) is 6.53. The number of hydrogen-bond acceptors (Lipinski definition) is 3. The Labute approximate surface area is 176 Å². The van der Waals surface area contributed by atoms with Crippen molar-refractivity contribution in [3.05, 3.63) is 70.8 Å². The van der Waals surface area contributed by atoms with Gasteiger partial charge in [0.25, 0.3) is 5.91 Å². The molecular formula is C19H17F6NO4S. The van der Waals surface area contributed by atoms with Crippen molar-refractivity contribution < 1.29 is 44.1 Å². The molecule has 0 saturated carbocycles. The topological polar surface area (TPSA) is 66.8 Å². The lowest BCUT2D eigenvalue weighted by molar-refractivity contribution is -0.143. The third kappa shape index (κ3) is 7.04. The van der Waals surface area contributed by atoms with Crippen molar-refractivity contribution in [2.45, 2.75) is 24.9 Å². The van der Waals surface area contributed by atoms with Gasteiger partial charge in [-0.2, -0.15) is 30.6 Å². The van der Waals surface area contributed by atoms with Crippen molar-refractivity contribution in [1.29, 1.82) is 0 Å². The summed E-state index contributed by atoms with van der Waals surface area (Å²) < 4.78 is 103. The maximum Gasteiger partial charge on any atom is 0.416 e. The van der Waals surface area contributed by atoms with Crippen LogP contribution in [0.2, 0.25) is 0 Å². The molecule has 2 aromatic rings. The van der Waals surface area contributed by atoms with Crippen molar-refractivity contribution in [1.82, 2.24) is 4.90 Å². The summed E-state index contributed by atoms with van der Waals surface area (Å²) in [7, 11) is 1.25. The van der Waals surface area contributed by atoms with Gasteiger partial charge in [-0.25, -0.2) is 0 Å². The van der Waals surface area contributed by atoms with Gasteiger partial charge in [0.1, 0.15) is 0 Å². The predicted molar refractivity (Wildman–Crippen MR) is 98.8 cm³/mol. The number of hydrogen-bond donors (Lipinski definition) is 1. The van der Waals surface area contributed by atoms with E-state index in [1.54, 1.807) is 18.2 Å². The van der Waals surface area contributed by atoms with Gasteiger partial charge in [0, 0.05) is 13.6 Å². The Bertz CT molecular complexity index is 901. The number of amides is 1. The highest BCUT2D eigenvalue weighted by Crippen LogP contribution is 2.36. The van der Waals surface area contributed by atoms with E-state index in [0.29, 0.717) is 12.1 Å². The van der Waals surface area contributed by atoms with Crippen molar-refractivity contribution >= 4 is 17.3 Å². The maximum absolute atomic E-state index is 13.0. The standard InChI is InChI=1S/C19H17F6NO4S/c1-26(17(27)16(30-31(28)29)13-5-3-2-4-6-13)8-7-12-9-14(18(20,21)22)11-15(10-12)19(23,24)25/h2-6,9-11,16H,7-8H2,1H3,(H,28,29)/t16-/m1/s1. The van der Waals surface area contributed by atoms with Gasteiger partial charge in [-0.15, -0.1) is 0 Å². The Kier molecular flexibility index (Phi) is 7.84. The molecule has 0 aliphatic carbocycles. The first-order valence-corrected chi connectivity index (χ1v) is 9.68. The van der Waals surface area contributed by atoms with Gasteiger partial charge >= 0.3 is 23.7 Å². The van der Waals surface area contributed by atoms with Crippen LogP contribution in [0.4, 0.5) is 26.3 Å². The molecule has 0 aromatic heterocycles. The Morgan fingerprint density at radius 3 is 2.00 bits per heavy atom. The number of alkyl halides is 6. The Morgan fingerprint density at radius 2 is 1.55 bits per heavy atom. The molecule has 2 rings (SSSR count). The van der Waals surface area contributed by atoms with Crippen LogP contribution in [0.15, 0.2) is 48.5 Å². The van der Waals surface area contributed by atoms with Crippen LogP contribution in [0.25, 0.3) is 0 Å². The smallest absolute Gasteiger partial charge is 0.343 e. The van der Waals surface area contributed by atoms with Crippen LogP contribution < -0.4 is 0 Å². The lowest BCUT2D eigenvalue weighted by atomic mass is 10.0. The summed E-state index contributed by atoms with van der Waals surface area (Å²) in [5.74, 6) is -0.795. The molecule has 0 radical (unpaired) electrons. The van der Waals surface area contributed by atoms with E-state index in [0.717, 1.165) is 4.90 Å². The third-order valence-electron chi connectivity index (χ3n) is 4.26. The first kappa shape index (κ1) is 24.8. The first-order valence-electron chi connectivity index (χ1n) is 8.65. The molecule has 0 saturated heterocycles. The molecule has 12 heteroatoms. The zero-order valence-electron chi connectivity index (χ0n) is 15.9. The van der Waals surface area contributed by atoms with Gasteiger partial charge in [-0.1, -0.05) is 30.3 Å². The molecule has 1 N–H and O–H groups in total. The lowest BCUT2D eigenvalue weighted by Crippen LogP contribution is -2.34. The van der Waals surface area contributed by atoms with E-state index < -0.39 is 46.9 Å². The van der Waals surface area contributed by atoms with E-state index in [1.807, 2.05) is 0 Å². The fraction of sp³-hybridized carbons (Fsp3) is 0.316. The number of benzene rings is 2. The Balaban J connectivity index is 2.22. The van der Waals surface area contributed by atoms with E-state index in [1.165, 1.54) is 19.2 Å². The van der Waals surface area contributed by atoms with Crippen molar-refractivity contribution in [3.63, 3.8) is 0 Å². The molecule has 170 valence electrons. The van der Waals surface area contributed by atoms with Gasteiger partial charge in [-0.3, -0.25) is 13.5 Å². The molecule has 0 fully saturated rings. The van der Waals surface area contributed by atoms with Crippen LogP contribution in [0, 0.1) is 0 Å². The minimum Gasteiger partial charge on any atom is -0.343 e. The minimum absolute atomic E-state index is 0.0220. The van der Waals surface area contributed by atoms with Gasteiger partial charge < -0.3 is 4.90 Å². The fourth-order valence-electron chi connectivity index (χ4n) is 2.72. The predicted octanol–water partition coefficient (Wildman–Crippen LogP) is 4.62. The van der Waals surface area contributed by atoms with E-state index in [9.17, 15) is 35.3 Å². The van der Waals surface area contributed by atoms with Crippen LogP contribution >= 0.6 is 0 Å². The number of nitrogens with zero attached hydrogens (tertiary/aromatic N) is 1.